The number of hydrogen-bond donors (Lipinski definition) is 2. The summed E-state index contributed by atoms with van der Waals surface area (Å²) in [6.45, 7) is 3.95. The maximum atomic E-state index is 13.5. The van der Waals surface area contributed by atoms with E-state index in [1.165, 1.54) is 0 Å². The Hall–Kier alpha value is -4.39. The molecule has 4 aromatic rings. The summed E-state index contributed by atoms with van der Waals surface area (Å²) in [5, 5.41) is 10.8. The number of anilines is 1. The van der Waals surface area contributed by atoms with Gasteiger partial charge in [-0.2, -0.15) is 5.10 Å². The van der Waals surface area contributed by atoms with Crippen molar-refractivity contribution in [3.8, 4) is 11.4 Å². The van der Waals surface area contributed by atoms with Crippen LogP contribution in [0.1, 0.15) is 38.7 Å². The maximum Gasteiger partial charge on any atom is 0.251 e. The molecule has 0 fully saturated rings. The van der Waals surface area contributed by atoms with Crippen LogP contribution in [0.5, 0.6) is 5.75 Å². The second-order valence-electron chi connectivity index (χ2n) is 8.65. The van der Waals surface area contributed by atoms with Crippen LogP contribution in [-0.4, -0.2) is 34.7 Å². The highest BCUT2D eigenvalue weighted by molar-refractivity contribution is 6.04. The van der Waals surface area contributed by atoms with Gasteiger partial charge >= 0.3 is 0 Å². The molecule has 0 aliphatic carbocycles. The molecule has 1 aliphatic rings. The molecule has 2 atom stereocenters. The van der Waals surface area contributed by atoms with Gasteiger partial charge < -0.3 is 15.4 Å². The van der Waals surface area contributed by atoms with Crippen molar-refractivity contribution in [1.82, 2.24) is 15.1 Å². The van der Waals surface area contributed by atoms with Crippen molar-refractivity contribution < 1.29 is 14.3 Å². The van der Waals surface area contributed by atoms with Gasteiger partial charge in [0.15, 0.2) is 0 Å². The van der Waals surface area contributed by atoms with Gasteiger partial charge in [0.05, 0.1) is 18.5 Å². The zero-order valence-corrected chi connectivity index (χ0v) is 19.8. The first-order valence-corrected chi connectivity index (χ1v) is 11.4. The largest absolute Gasteiger partial charge is 0.497 e. The van der Waals surface area contributed by atoms with Crippen molar-refractivity contribution in [1.29, 1.82) is 0 Å². The van der Waals surface area contributed by atoms with Crippen LogP contribution in [0.15, 0.2) is 78.9 Å². The van der Waals surface area contributed by atoms with Gasteiger partial charge in [-0.1, -0.05) is 48.0 Å². The third kappa shape index (κ3) is 4.17. The molecule has 0 radical (unpaired) electrons. The molecule has 1 aliphatic heterocycles. The minimum absolute atomic E-state index is 0.295. The lowest BCUT2D eigenvalue weighted by molar-refractivity contribution is -0.118. The van der Waals surface area contributed by atoms with E-state index in [0.717, 1.165) is 28.1 Å². The molecule has 2 heterocycles. The van der Waals surface area contributed by atoms with E-state index < -0.39 is 12.0 Å². The molecule has 2 amide bonds. The van der Waals surface area contributed by atoms with Crippen LogP contribution in [0, 0.1) is 13.8 Å². The Morgan fingerprint density at radius 3 is 2.31 bits per heavy atom. The van der Waals surface area contributed by atoms with Crippen molar-refractivity contribution in [3.63, 3.8) is 0 Å². The molecule has 0 unspecified atom stereocenters. The lowest BCUT2D eigenvalue weighted by atomic mass is 9.81. The summed E-state index contributed by atoms with van der Waals surface area (Å²) < 4.78 is 7.08. The lowest BCUT2D eigenvalue weighted by Gasteiger charge is -2.33. The van der Waals surface area contributed by atoms with Crippen molar-refractivity contribution >= 4 is 17.6 Å². The number of methoxy groups -OCH3 is 1. The van der Waals surface area contributed by atoms with Gasteiger partial charge in [-0.15, -0.1) is 0 Å². The van der Waals surface area contributed by atoms with Gasteiger partial charge in [0.2, 0.25) is 5.91 Å². The summed E-state index contributed by atoms with van der Waals surface area (Å²) >= 11 is 0. The topological polar surface area (TPSA) is 85.2 Å². The van der Waals surface area contributed by atoms with E-state index in [4.69, 9.17) is 9.84 Å². The van der Waals surface area contributed by atoms with E-state index >= 15 is 0 Å². The highest BCUT2D eigenvalue weighted by Gasteiger charge is 2.41. The van der Waals surface area contributed by atoms with Crippen LogP contribution in [0.25, 0.3) is 5.69 Å². The summed E-state index contributed by atoms with van der Waals surface area (Å²) in [4.78, 5) is 26.5. The number of hydrogen-bond acceptors (Lipinski definition) is 4. The van der Waals surface area contributed by atoms with Crippen molar-refractivity contribution in [3.05, 3.63) is 107 Å². The molecule has 0 spiro atoms. The third-order valence-electron chi connectivity index (χ3n) is 6.35. The summed E-state index contributed by atoms with van der Waals surface area (Å²) in [5.74, 6) is 0.289. The van der Waals surface area contributed by atoms with Gasteiger partial charge in [-0.05, 0) is 55.8 Å². The van der Waals surface area contributed by atoms with Gasteiger partial charge in [0, 0.05) is 17.0 Å². The monoisotopic (exact) mass is 466 g/mol. The first-order valence-electron chi connectivity index (χ1n) is 11.4. The van der Waals surface area contributed by atoms with Gasteiger partial charge in [0.25, 0.3) is 5.91 Å². The second-order valence-corrected chi connectivity index (χ2v) is 8.65. The average molecular weight is 467 g/mol. The first-order chi connectivity index (χ1) is 17.0. The number of nitrogens with zero attached hydrogens (tertiary/aromatic N) is 2. The molecule has 0 saturated heterocycles. The summed E-state index contributed by atoms with van der Waals surface area (Å²) in [7, 11) is 1.61. The molecule has 0 bridgehead atoms. The van der Waals surface area contributed by atoms with Crippen LogP contribution in [-0.2, 0) is 4.79 Å². The predicted octanol–water partition coefficient (Wildman–Crippen LogP) is 4.38. The molecule has 3 aromatic carbocycles. The van der Waals surface area contributed by atoms with Crippen molar-refractivity contribution in [2.24, 2.45) is 0 Å². The number of benzene rings is 3. The van der Waals surface area contributed by atoms with Crippen molar-refractivity contribution in [2.45, 2.75) is 25.8 Å². The normalized spacial score (nSPS) is 16.8. The molecular weight excluding hydrogens is 440 g/mol. The number of amides is 2. The number of nitrogens with one attached hydrogen (secondary N) is 2. The molecule has 176 valence electrons. The number of rotatable bonds is 5. The summed E-state index contributed by atoms with van der Waals surface area (Å²) in [6.07, 6.45) is 0. The van der Waals surface area contributed by atoms with E-state index in [9.17, 15) is 9.59 Å². The molecule has 7 heteroatoms. The maximum absolute atomic E-state index is 13.5. The number of aromatic nitrogens is 2. The Bertz CT molecular complexity index is 1380. The molecule has 35 heavy (non-hydrogen) atoms. The highest BCUT2D eigenvalue weighted by atomic mass is 16.5. The zero-order valence-electron chi connectivity index (χ0n) is 19.8. The summed E-state index contributed by atoms with van der Waals surface area (Å²) in [5.41, 5.74) is 5.00. The molecule has 2 N–H and O–H groups in total. The molecule has 7 nitrogen and oxygen atoms in total. The number of fused-ring (bicyclic) bond motifs is 1. The number of carbonyl (C=O) groups excluding carboxylic acids is 2. The van der Waals surface area contributed by atoms with E-state index in [0.29, 0.717) is 17.1 Å². The quantitative estimate of drug-likeness (QED) is 0.457. The van der Waals surface area contributed by atoms with Gasteiger partial charge in [0.1, 0.15) is 17.6 Å². The van der Waals surface area contributed by atoms with Crippen LogP contribution >= 0.6 is 0 Å². The Labute approximate surface area is 203 Å². The standard InChI is InChI=1S/C28H26N4O3/c1-17-9-13-21(14-10-17)32-26-23(18(2)31-32)24(19-11-15-22(35-3)16-12-19)25(28(34)30-26)29-27(33)20-7-5-4-6-8-20/h4-16,24-25H,1-3H3,(H,29,33)(H,30,34)/t24-,25+/m1/s1. The van der Waals surface area contributed by atoms with E-state index in [1.807, 2.05) is 68.4 Å². The number of carbonyl (C=O) groups is 2. The van der Waals surface area contributed by atoms with Gasteiger partial charge in [-0.25, -0.2) is 4.68 Å². The van der Waals surface area contributed by atoms with Crippen LogP contribution in [0.4, 0.5) is 5.82 Å². The molecule has 0 saturated carbocycles. The second kappa shape index (κ2) is 9.10. The third-order valence-corrected chi connectivity index (χ3v) is 6.35. The van der Waals surface area contributed by atoms with Gasteiger partial charge in [-0.3, -0.25) is 9.59 Å². The van der Waals surface area contributed by atoms with E-state index in [1.54, 1.807) is 36.1 Å². The molecule has 1 aromatic heterocycles. The highest BCUT2D eigenvalue weighted by Crippen LogP contribution is 2.41. The lowest BCUT2D eigenvalue weighted by Crippen LogP contribution is -2.50. The minimum Gasteiger partial charge on any atom is -0.497 e. The fourth-order valence-corrected chi connectivity index (χ4v) is 4.55. The Morgan fingerprint density at radius 2 is 1.66 bits per heavy atom. The Balaban J connectivity index is 1.62. The fraction of sp³-hybridized carbons (Fsp3) is 0.179. The minimum atomic E-state index is -0.821. The molecular formula is C28H26N4O3. The van der Waals surface area contributed by atoms with E-state index in [-0.39, 0.29) is 11.8 Å². The molecule has 5 rings (SSSR count). The SMILES string of the molecule is COc1ccc([C@@H]2c3c(C)nn(-c4ccc(C)cc4)c3NC(=O)[C@H]2NC(=O)c2ccccc2)cc1. The van der Waals surface area contributed by atoms with Crippen molar-refractivity contribution in [2.75, 3.05) is 12.4 Å². The number of ether oxygens (including phenoxy) is 1. The van der Waals surface area contributed by atoms with Crippen LogP contribution in [0.2, 0.25) is 0 Å². The average Bonchev–Trinajstić information content (AvgIpc) is 3.21. The fourth-order valence-electron chi connectivity index (χ4n) is 4.55. The van der Waals surface area contributed by atoms with E-state index in [2.05, 4.69) is 10.6 Å². The van der Waals surface area contributed by atoms with Crippen LogP contribution < -0.4 is 15.4 Å². The number of aryl methyl sites for hydroxylation is 2. The summed E-state index contributed by atoms with van der Waals surface area (Å²) in [6, 6.07) is 23.6. The first kappa shape index (κ1) is 22.4. The smallest absolute Gasteiger partial charge is 0.251 e. The Morgan fingerprint density at radius 1 is 0.971 bits per heavy atom. The predicted molar refractivity (Wildman–Crippen MR) is 134 cm³/mol. The Kier molecular flexibility index (Phi) is 5.82. The zero-order chi connectivity index (χ0) is 24.5. The van der Waals surface area contributed by atoms with Crippen LogP contribution in [0.3, 0.4) is 0 Å².